The van der Waals surface area contributed by atoms with Gasteiger partial charge in [0.2, 0.25) is 5.91 Å². The molecule has 1 aliphatic heterocycles. The van der Waals surface area contributed by atoms with Crippen LogP contribution in [0.25, 0.3) is 0 Å². The number of fused-ring (bicyclic) bond motifs is 1. The molecule has 0 bridgehead atoms. The first-order valence-electron chi connectivity index (χ1n) is 10.5. The molecule has 3 aromatic rings. The highest BCUT2D eigenvalue weighted by molar-refractivity contribution is 6.05. The third kappa shape index (κ3) is 4.56. The minimum atomic E-state index is -0.295. The molecule has 0 spiro atoms. The van der Waals surface area contributed by atoms with Gasteiger partial charge in [0.1, 0.15) is 11.5 Å². The maximum absolute atomic E-state index is 13.2. The zero-order valence-corrected chi connectivity index (χ0v) is 18.1. The van der Waals surface area contributed by atoms with E-state index in [1.165, 1.54) is 0 Å². The van der Waals surface area contributed by atoms with E-state index in [1.807, 2.05) is 24.3 Å². The van der Waals surface area contributed by atoms with Gasteiger partial charge < -0.3 is 19.7 Å². The number of pyridine rings is 1. The van der Waals surface area contributed by atoms with Crippen molar-refractivity contribution in [3.8, 4) is 11.5 Å². The number of para-hydroxylation sites is 1. The monoisotopic (exact) mass is 431 g/mol. The molecule has 0 saturated heterocycles. The molecule has 2 aromatic carbocycles. The van der Waals surface area contributed by atoms with Crippen molar-refractivity contribution in [2.75, 3.05) is 31.0 Å². The van der Waals surface area contributed by atoms with Crippen LogP contribution in [0.3, 0.4) is 0 Å². The Morgan fingerprint density at radius 2 is 1.91 bits per heavy atom. The number of aromatic nitrogens is 1. The second kappa shape index (κ2) is 9.51. The predicted molar refractivity (Wildman–Crippen MR) is 123 cm³/mol. The van der Waals surface area contributed by atoms with Gasteiger partial charge in [-0.3, -0.25) is 14.6 Å². The van der Waals surface area contributed by atoms with E-state index in [1.54, 1.807) is 55.6 Å². The number of hydrogen-bond acceptors (Lipinski definition) is 5. The molecule has 0 saturated carbocycles. The zero-order chi connectivity index (χ0) is 22.5. The lowest BCUT2D eigenvalue weighted by atomic mass is 10.0. The van der Waals surface area contributed by atoms with Gasteiger partial charge in [-0.25, -0.2) is 0 Å². The summed E-state index contributed by atoms with van der Waals surface area (Å²) in [5, 5.41) is 2.86. The number of amides is 2. The Morgan fingerprint density at radius 1 is 1.06 bits per heavy atom. The third-order valence-electron chi connectivity index (χ3n) is 5.46. The lowest BCUT2D eigenvalue weighted by molar-refractivity contribution is -0.118. The number of nitrogens with one attached hydrogen (secondary N) is 1. The van der Waals surface area contributed by atoms with Crippen molar-refractivity contribution >= 4 is 23.2 Å². The molecule has 164 valence electrons. The molecule has 7 nitrogen and oxygen atoms in total. The lowest BCUT2D eigenvalue weighted by Crippen LogP contribution is -2.37. The molecule has 2 amide bonds. The molecule has 4 rings (SSSR count). The van der Waals surface area contributed by atoms with E-state index in [2.05, 4.69) is 10.3 Å². The van der Waals surface area contributed by atoms with E-state index in [4.69, 9.17) is 9.47 Å². The Morgan fingerprint density at radius 3 is 2.72 bits per heavy atom. The maximum atomic E-state index is 13.2. The first kappa shape index (κ1) is 21.4. The van der Waals surface area contributed by atoms with Gasteiger partial charge in [0.25, 0.3) is 5.91 Å². The highest BCUT2D eigenvalue weighted by Crippen LogP contribution is 2.29. The number of benzene rings is 2. The molecular formula is C25H25N3O4. The number of hydrogen-bond donors (Lipinski definition) is 1. The summed E-state index contributed by atoms with van der Waals surface area (Å²) >= 11 is 0. The number of nitrogens with zero attached hydrogens (tertiary/aromatic N) is 2. The molecule has 32 heavy (non-hydrogen) atoms. The van der Waals surface area contributed by atoms with Crippen LogP contribution in [0.15, 0.2) is 60.8 Å². The molecule has 0 atom stereocenters. The van der Waals surface area contributed by atoms with E-state index in [0.29, 0.717) is 35.0 Å². The second-order valence-corrected chi connectivity index (χ2v) is 7.51. The molecule has 0 aliphatic carbocycles. The van der Waals surface area contributed by atoms with Crippen LogP contribution in [0.1, 0.15) is 28.0 Å². The number of carbonyl (C=O) groups excluding carboxylic acids is 2. The molecule has 1 aromatic heterocycles. The van der Waals surface area contributed by atoms with Gasteiger partial charge in [-0.05, 0) is 37.1 Å². The van der Waals surface area contributed by atoms with Gasteiger partial charge in [-0.2, -0.15) is 0 Å². The topological polar surface area (TPSA) is 80.8 Å². The van der Waals surface area contributed by atoms with Crippen LogP contribution in [0, 0.1) is 0 Å². The predicted octanol–water partition coefficient (Wildman–Crippen LogP) is 3.87. The van der Waals surface area contributed by atoms with Crippen LogP contribution < -0.4 is 19.7 Å². The smallest absolute Gasteiger partial charge is 0.257 e. The first-order chi connectivity index (χ1) is 15.6. The summed E-state index contributed by atoms with van der Waals surface area (Å²) in [6.07, 6.45) is 3.37. The van der Waals surface area contributed by atoms with Gasteiger partial charge in [-0.15, -0.1) is 0 Å². The zero-order valence-electron chi connectivity index (χ0n) is 18.1. The molecular weight excluding hydrogens is 406 g/mol. The van der Waals surface area contributed by atoms with E-state index in [-0.39, 0.29) is 18.2 Å². The van der Waals surface area contributed by atoms with Gasteiger partial charge in [-0.1, -0.05) is 24.3 Å². The Labute approximate surface area is 187 Å². The van der Waals surface area contributed by atoms with E-state index >= 15 is 0 Å². The number of carbonyl (C=O) groups is 2. The summed E-state index contributed by atoms with van der Waals surface area (Å²) in [7, 11) is 3.17. The Kier molecular flexibility index (Phi) is 6.35. The Hall–Kier alpha value is -3.87. The lowest BCUT2D eigenvalue weighted by Gasteiger charge is -2.29. The molecule has 0 fully saturated rings. The van der Waals surface area contributed by atoms with Crippen LogP contribution in [0.4, 0.5) is 11.4 Å². The molecule has 7 heteroatoms. The van der Waals surface area contributed by atoms with E-state index in [0.717, 1.165) is 24.1 Å². The highest BCUT2D eigenvalue weighted by Gasteiger charge is 2.25. The summed E-state index contributed by atoms with van der Waals surface area (Å²) in [5.41, 5.74) is 3.35. The van der Waals surface area contributed by atoms with Crippen LogP contribution >= 0.6 is 0 Å². The number of rotatable bonds is 6. The summed E-state index contributed by atoms with van der Waals surface area (Å²) in [4.78, 5) is 32.2. The summed E-state index contributed by atoms with van der Waals surface area (Å²) < 4.78 is 10.6. The molecule has 0 radical (unpaired) electrons. The van der Waals surface area contributed by atoms with Crippen molar-refractivity contribution in [3.63, 3.8) is 0 Å². The summed E-state index contributed by atoms with van der Waals surface area (Å²) in [5.74, 6) is 0.987. The largest absolute Gasteiger partial charge is 0.497 e. The van der Waals surface area contributed by atoms with Crippen molar-refractivity contribution < 1.29 is 19.1 Å². The summed E-state index contributed by atoms with van der Waals surface area (Å²) in [6.45, 7) is 0.587. The fraction of sp³-hybridized carbons (Fsp3) is 0.240. The maximum Gasteiger partial charge on any atom is 0.257 e. The van der Waals surface area contributed by atoms with Crippen LogP contribution in [-0.2, 0) is 17.6 Å². The van der Waals surface area contributed by atoms with Gasteiger partial charge in [0, 0.05) is 30.1 Å². The van der Waals surface area contributed by atoms with Crippen molar-refractivity contribution in [3.05, 3.63) is 77.6 Å². The number of ether oxygens (including phenoxy) is 2. The van der Waals surface area contributed by atoms with Crippen molar-refractivity contribution in [2.24, 2.45) is 0 Å². The second-order valence-electron chi connectivity index (χ2n) is 7.51. The quantitative estimate of drug-likeness (QED) is 0.641. The molecule has 1 N–H and O–H groups in total. The highest BCUT2D eigenvalue weighted by atomic mass is 16.5. The standard InChI is InChI=1S/C25H25N3O4/c1-31-20-9-5-8-19(15-20)27-25(30)18-13-22-21(26-16-18)10-6-12-28(22)24(29)14-17-7-3-4-11-23(17)32-2/h3-5,7-9,11,13,15-16H,6,10,12,14H2,1-2H3,(H,27,30). The number of aryl methyl sites for hydroxylation is 1. The summed E-state index contributed by atoms with van der Waals surface area (Å²) in [6, 6.07) is 16.4. The van der Waals surface area contributed by atoms with Crippen LogP contribution in [-0.4, -0.2) is 37.6 Å². The number of anilines is 2. The molecule has 0 unspecified atom stereocenters. The van der Waals surface area contributed by atoms with Crippen molar-refractivity contribution in [1.29, 1.82) is 0 Å². The van der Waals surface area contributed by atoms with E-state index in [9.17, 15) is 9.59 Å². The van der Waals surface area contributed by atoms with Gasteiger partial charge in [0.05, 0.1) is 37.6 Å². The minimum absolute atomic E-state index is 0.0531. The van der Waals surface area contributed by atoms with Crippen molar-refractivity contribution in [1.82, 2.24) is 4.98 Å². The molecule has 2 heterocycles. The molecule has 1 aliphatic rings. The Balaban J connectivity index is 1.56. The average molecular weight is 431 g/mol. The van der Waals surface area contributed by atoms with Gasteiger partial charge in [0.15, 0.2) is 0 Å². The minimum Gasteiger partial charge on any atom is -0.497 e. The Bertz CT molecular complexity index is 1150. The van der Waals surface area contributed by atoms with Crippen LogP contribution in [0.5, 0.6) is 11.5 Å². The third-order valence-corrected chi connectivity index (χ3v) is 5.46. The SMILES string of the molecule is COc1cccc(NC(=O)c2cnc3c(c2)N(C(=O)Cc2ccccc2OC)CCC3)c1. The normalized spacial score (nSPS) is 12.6. The van der Waals surface area contributed by atoms with E-state index < -0.39 is 0 Å². The first-order valence-corrected chi connectivity index (χ1v) is 10.5. The average Bonchev–Trinajstić information content (AvgIpc) is 2.83. The number of methoxy groups -OCH3 is 2. The van der Waals surface area contributed by atoms with Crippen molar-refractivity contribution in [2.45, 2.75) is 19.3 Å². The van der Waals surface area contributed by atoms with Gasteiger partial charge >= 0.3 is 0 Å². The fourth-order valence-corrected chi connectivity index (χ4v) is 3.83. The fourth-order valence-electron chi connectivity index (χ4n) is 3.83. The van der Waals surface area contributed by atoms with Crippen LogP contribution in [0.2, 0.25) is 0 Å².